The SMILES string of the molecule is COc1ccc(C(=O)N/N=C/C(C(C)=O)=C(/C)O)cc1. The first kappa shape index (κ1) is 15.4. The van der Waals surface area contributed by atoms with Crippen LogP contribution in [0.4, 0.5) is 0 Å². The lowest BCUT2D eigenvalue weighted by atomic mass is 10.2. The standard InChI is InChI=1S/C14H16N2O4/c1-9(17)13(10(2)18)8-15-16-14(19)11-4-6-12(20-3)7-5-11/h4-8,17H,1-3H3,(H,16,19)/b13-9+,15-8+. The van der Waals surface area contributed by atoms with E-state index in [4.69, 9.17) is 4.74 Å². The molecule has 0 unspecified atom stereocenters. The predicted molar refractivity (Wildman–Crippen MR) is 75.0 cm³/mol. The van der Waals surface area contributed by atoms with Gasteiger partial charge in [0.1, 0.15) is 11.5 Å². The van der Waals surface area contributed by atoms with Gasteiger partial charge in [0.15, 0.2) is 5.78 Å². The molecule has 1 aromatic rings. The van der Waals surface area contributed by atoms with E-state index in [-0.39, 0.29) is 17.1 Å². The molecule has 6 nitrogen and oxygen atoms in total. The third-order valence-electron chi connectivity index (χ3n) is 2.48. The van der Waals surface area contributed by atoms with Crippen molar-refractivity contribution in [2.24, 2.45) is 5.10 Å². The second kappa shape index (κ2) is 7.08. The third kappa shape index (κ3) is 4.24. The number of ketones is 1. The summed E-state index contributed by atoms with van der Waals surface area (Å²) in [6.45, 7) is 2.67. The molecule has 20 heavy (non-hydrogen) atoms. The van der Waals surface area contributed by atoms with Gasteiger partial charge in [0.05, 0.1) is 18.9 Å². The second-order valence-electron chi connectivity index (χ2n) is 3.98. The monoisotopic (exact) mass is 276 g/mol. The van der Waals surface area contributed by atoms with Gasteiger partial charge in [0.25, 0.3) is 5.91 Å². The Balaban J connectivity index is 2.71. The molecule has 0 bridgehead atoms. The zero-order valence-electron chi connectivity index (χ0n) is 11.5. The van der Waals surface area contributed by atoms with E-state index >= 15 is 0 Å². The highest BCUT2D eigenvalue weighted by Gasteiger charge is 2.06. The minimum atomic E-state index is -0.428. The lowest BCUT2D eigenvalue weighted by Gasteiger charge is -2.02. The number of hydrazone groups is 1. The first-order valence-electron chi connectivity index (χ1n) is 5.84. The molecule has 0 aromatic heterocycles. The maximum atomic E-state index is 11.7. The van der Waals surface area contributed by atoms with Gasteiger partial charge in [-0.1, -0.05) is 0 Å². The van der Waals surface area contributed by atoms with E-state index < -0.39 is 5.91 Å². The van der Waals surface area contributed by atoms with Crippen molar-refractivity contribution < 1.29 is 19.4 Å². The molecule has 0 heterocycles. The minimum Gasteiger partial charge on any atom is -0.512 e. The van der Waals surface area contributed by atoms with E-state index in [1.54, 1.807) is 24.3 Å². The molecule has 0 fully saturated rings. The van der Waals surface area contributed by atoms with Crippen molar-refractivity contribution in [3.05, 3.63) is 41.2 Å². The fraction of sp³-hybridized carbons (Fsp3) is 0.214. The van der Waals surface area contributed by atoms with Gasteiger partial charge in [0, 0.05) is 5.56 Å². The van der Waals surface area contributed by atoms with Crippen LogP contribution in [-0.2, 0) is 4.79 Å². The fourth-order valence-electron chi connectivity index (χ4n) is 1.40. The molecule has 2 N–H and O–H groups in total. The lowest BCUT2D eigenvalue weighted by molar-refractivity contribution is -0.113. The summed E-state index contributed by atoms with van der Waals surface area (Å²) in [5.74, 6) is -0.280. The van der Waals surface area contributed by atoms with Crippen LogP contribution in [0.1, 0.15) is 24.2 Å². The van der Waals surface area contributed by atoms with Gasteiger partial charge in [-0.05, 0) is 38.1 Å². The van der Waals surface area contributed by atoms with Crippen molar-refractivity contribution in [3.63, 3.8) is 0 Å². The summed E-state index contributed by atoms with van der Waals surface area (Å²) < 4.78 is 4.98. The third-order valence-corrected chi connectivity index (χ3v) is 2.48. The van der Waals surface area contributed by atoms with Crippen molar-refractivity contribution in [2.45, 2.75) is 13.8 Å². The highest BCUT2D eigenvalue weighted by molar-refractivity contribution is 6.12. The summed E-state index contributed by atoms with van der Waals surface area (Å²) >= 11 is 0. The zero-order valence-corrected chi connectivity index (χ0v) is 11.5. The largest absolute Gasteiger partial charge is 0.512 e. The molecule has 1 amide bonds. The lowest BCUT2D eigenvalue weighted by Crippen LogP contribution is -2.18. The number of hydrogen-bond donors (Lipinski definition) is 2. The minimum absolute atomic E-state index is 0.0417. The summed E-state index contributed by atoms with van der Waals surface area (Å²) in [6.07, 6.45) is 1.11. The molecule has 0 saturated carbocycles. The van der Waals surface area contributed by atoms with Gasteiger partial charge in [-0.15, -0.1) is 0 Å². The maximum Gasteiger partial charge on any atom is 0.271 e. The number of amides is 1. The average Bonchev–Trinajstić information content (AvgIpc) is 2.42. The average molecular weight is 276 g/mol. The van der Waals surface area contributed by atoms with Crippen LogP contribution in [0.15, 0.2) is 40.7 Å². The first-order chi connectivity index (χ1) is 9.45. The number of rotatable bonds is 5. The van der Waals surface area contributed by atoms with Gasteiger partial charge in [-0.2, -0.15) is 5.10 Å². The molecule has 106 valence electrons. The number of carbonyl (C=O) groups excluding carboxylic acids is 2. The van der Waals surface area contributed by atoms with Crippen molar-refractivity contribution in [1.29, 1.82) is 0 Å². The molecule has 0 aliphatic carbocycles. The van der Waals surface area contributed by atoms with E-state index in [1.807, 2.05) is 0 Å². The Bertz CT molecular complexity index is 555. The quantitative estimate of drug-likeness (QED) is 0.372. The summed E-state index contributed by atoms with van der Waals surface area (Å²) in [4.78, 5) is 22.9. The number of Topliss-reactive ketones (excluding diaryl/α,β-unsaturated/α-hetero) is 1. The molecule has 0 aliphatic heterocycles. The Morgan fingerprint density at radius 1 is 1.25 bits per heavy atom. The molecule has 0 aliphatic rings. The van der Waals surface area contributed by atoms with Crippen LogP contribution in [0.5, 0.6) is 5.75 Å². The number of benzene rings is 1. The van der Waals surface area contributed by atoms with Gasteiger partial charge in [0.2, 0.25) is 0 Å². The van der Waals surface area contributed by atoms with Crippen LogP contribution in [0.3, 0.4) is 0 Å². The maximum absolute atomic E-state index is 11.7. The van der Waals surface area contributed by atoms with Crippen LogP contribution in [0.2, 0.25) is 0 Å². The van der Waals surface area contributed by atoms with Gasteiger partial charge < -0.3 is 9.84 Å². The van der Waals surface area contributed by atoms with Gasteiger partial charge >= 0.3 is 0 Å². The Morgan fingerprint density at radius 2 is 1.85 bits per heavy atom. The Labute approximate surface area is 116 Å². The van der Waals surface area contributed by atoms with E-state index in [9.17, 15) is 14.7 Å². The molecular formula is C14H16N2O4. The molecule has 0 atom stereocenters. The van der Waals surface area contributed by atoms with Crippen molar-refractivity contribution in [2.75, 3.05) is 7.11 Å². The normalized spacial score (nSPS) is 11.9. The van der Waals surface area contributed by atoms with Gasteiger partial charge in [-0.25, -0.2) is 5.43 Å². The van der Waals surface area contributed by atoms with E-state index in [0.717, 1.165) is 6.21 Å². The highest BCUT2D eigenvalue weighted by atomic mass is 16.5. The molecule has 0 spiro atoms. The molecule has 6 heteroatoms. The molecule has 0 saturated heterocycles. The number of methoxy groups -OCH3 is 1. The number of aliphatic hydroxyl groups excluding tert-OH is 1. The number of nitrogens with zero attached hydrogens (tertiary/aromatic N) is 1. The Hall–Kier alpha value is -2.63. The van der Waals surface area contributed by atoms with Crippen molar-refractivity contribution >= 4 is 17.9 Å². The molecule has 1 rings (SSSR count). The topological polar surface area (TPSA) is 88.0 Å². The van der Waals surface area contributed by atoms with Crippen LogP contribution >= 0.6 is 0 Å². The number of nitrogens with one attached hydrogen (secondary N) is 1. The number of ether oxygens (including phenoxy) is 1. The van der Waals surface area contributed by atoms with Crippen LogP contribution in [0.25, 0.3) is 0 Å². The summed E-state index contributed by atoms with van der Waals surface area (Å²) in [6, 6.07) is 6.47. The zero-order chi connectivity index (χ0) is 15.1. The van der Waals surface area contributed by atoms with E-state index in [0.29, 0.717) is 11.3 Å². The fourth-order valence-corrected chi connectivity index (χ4v) is 1.40. The summed E-state index contributed by atoms with van der Waals surface area (Å²) in [7, 11) is 1.53. The number of hydrogen-bond acceptors (Lipinski definition) is 5. The van der Waals surface area contributed by atoms with Crippen molar-refractivity contribution in [3.8, 4) is 5.75 Å². The Morgan fingerprint density at radius 3 is 2.30 bits per heavy atom. The molecule has 0 radical (unpaired) electrons. The van der Waals surface area contributed by atoms with E-state index in [1.165, 1.54) is 21.0 Å². The van der Waals surface area contributed by atoms with Crippen LogP contribution in [-0.4, -0.2) is 30.1 Å². The number of carbonyl (C=O) groups is 2. The number of aliphatic hydroxyl groups is 1. The molecular weight excluding hydrogens is 260 g/mol. The summed E-state index contributed by atoms with van der Waals surface area (Å²) in [5, 5.41) is 12.9. The van der Waals surface area contributed by atoms with Gasteiger partial charge in [-0.3, -0.25) is 9.59 Å². The van der Waals surface area contributed by atoms with E-state index in [2.05, 4.69) is 10.5 Å². The first-order valence-corrected chi connectivity index (χ1v) is 5.84. The molecule has 1 aromatic carbocycles. The predicted octanol–water partition coefficient (Wildman–Crippen LogP) is 1.83. The van der Waals surface area contributed by atoms with Crippen LogP contribution in [0, 0.1) is 0 Å². The smallest absolute Gasteiger partial charge is 0.271 e. The highest BCUT2D eigenvalue weighted by Crippen LogP contribution is 2.11. The van der Waals surface area contributed by atoms with Crippen molar-refractivity contribution in [1.82, 2.24) is 5.43 Å². The summed E-state index contributed by atoms with van der Waals surface area (Å²) in [5.41, 5.74) is 2.71. The number of allylic oxidation sites excluding steroid dienone is 2. The Kier molecular flexibility index (Phi) is 5.46. The van der Waals surface area contributed by atoms with Crippen LogP contribution < -0.4 is 10.2 Å². The second-order valence-corrected chi connectivity index (χ2v) is 3.98.